The molecule has 1 aliphatic carbocycles. The molecule has 0 unspecified atom stereocenters. The summed E-state index contributed by atoms with van der Waals surface area (Å²) in [5.74, 6) is 1.09. The Morgan fingerprint density at radius 1 is 1.24 bits per heavy atom. The topological polar surface area (TPSA) is 25.2 Å². The van der Waals surface area contributed by atoms with Gasteiger partial charge in [0, 0.05) is 17.0 Å². The summed E-state index contributed by atoms with van der Waals surface area (Å²) >= 11 is 3.74. The first kappa shape index (κ1) is 13.4. The van der Waals surface area contributed by atoms with E-state index in [2.05, 4.69) is 58.5 Å². The van der Waals surface area contributed by atoms with Crippen molar-refractivity contribution in [3.8, 4) is 0 Å². The van der Waals surface area contributed by atoms with Crippen LogP contribution in [0.3, 0.4) is 0 Å². The van der Waals surface area contributed by atoms with Gasteiger partial charge in [-0.3, -0.25) is 0 Å². The van der Waals surface area contributed by atoms with E-state index in [4.69, 9.17) is 4.42 Å². The van der Waals surface area contributed by atoms with E-state index >= 15 is 0 Å². The van der Waals surface area contributed by atoms with E-state index < -0.39 is 0 Å². The molecule has 2 nitrogen and oxygen atoms in total. The molecule has 4 rings (SSSR count). The molecular weight excluding hydrogens is 326 g/mol. The van der Waals surface area contributed by atoms with Crippen molar-refractivity contribution in [2.24, 2.45) is 0 Å². The molecule has 2 aromatic carbocycles. The van der Waals surface area contributed by atoms with Crippen LogP contribution in [0, 0.1) is 0 Å². The lowest BCUT2D eigenvalue weighted by atomic mass is 10.0. The number of rotatable bonds is 4. The molecule has 0 bridgehead atoms. The molecule has 0 saturated heterocycles. The predicted octanol–water partition coefficient (Wildman–Crippen LogP) is 5.16. The van der Waals surface area contributed by atoms with E-state index in [1.54, 1.807) is 0 Å². The Labute approximate surface area is 132 Å². The highest BCUT2D eigenvalue weighted by molar-refractivity contribution is 9.10. The number of hydrogen-bond donors (Lipinski definition) is 1. The first-order valence-electron chi connectivity index (χ1n) is 7.62. The molecule has 0 radical (unpaired) electrons. The number of nitrogens with one attached hydrogen (secondary N) is 1. The second-order valence-corrected chi connectivity index (χ2v) is 6.59. The third kappa shape index (κ3) is 2.29. The molecule has 0 aliphatic heterocycles. The van der Waals surface area contributed by atoms with Crippen LogP contribution in [0.25, 0.3) is 21.7 Å². The summed E-state index contributed by atoms with van der Waals surface area (Å²) in [6.45, 7) is 3.04. The Balaban J connectivity index is 1.90. The Morgan fingerprint density at radius 3 is 2.81 bits per heavy atom. The van der Waals surface area contributed by atoms with Gasteiger partial charge in [0.05, 0.1) is 11.0 Å². The van der Waals surface area contributed by atoms with Crippen LogP contribution in [-0.4, -0.2) is 6.04 Å². The molecule has 0 amide bonds. The van der Waals surface area contributed by atoms with Crippen molar-refractivity contribution in [1.29, 1.82) is 0 Å². The maximum Gasteiger partial charge on any atom is 0.149 e. The van der Waals surface area contributed by atoms with Gasteiger partial charge in [0.1, 0.15) is 11.3 Å². The van der Waals surface area contributed by atoms with Crippen LogP contribution in [0.1, 0.15) is 31.1 Å². The zero-order valence-electron chi connectivity index (χ0n) is 12.1. The molecule has 3 aromatic rings. The molecule has 108 valence electrons. The van der Waals surface area contributed by atoms with Crippen LogP contribution >= 0.6 is 15.9 Å². The van der Waals surface area contributed by atoms with E-state index in [1.807, 2.05) is 0 Å². The number of furan rings is 1. The number of fused-ring (bicyclic) bond motifs is 2. The van der Waals surface area contributed by atoms with Crippen LogP contribution in [0.5, 0.6) is 0 Å². The molecule has 21 heavy (non-hydrogen) atoms. The van der Waals surface area contributed by atoms with Crippen molar-refractivity contribution >= 4 is 37.7 Å². The molecule has 0 spiro atoms. The smallest absolute Gasteiger partial charge is 0.149 e. The van der Waals surface area contributed by atoms with Gasteiger partial charge in [0.15, 0.2) is 0 Å². The molecule has 1 N–H and O–H groups in total. The number of halogens is 1. The van der Waals surface area contributed by atoms with Gasteiger partial charge < -0.3 is 9.73 Å². The van der Waals surface area contributed by atoms with E-state index in [1.165, 1.54) is 34.6 Å². The van der Waals surface area contributed by atoms with Crippen LogP contribution < -0.4 is 5.32 Å². The fraction of sp³-hybridized carbons (Fsp3) is 0.333. The van der Waals surface area contributed by atoms with Gasteiger partial charge in [-0.25, -0.2) is 0 Å². The van der Waals surface area contributed by atoms with Gasteiger partial charge in [-0.05, 0) is 52.0 Å². The second-order valence-electron chi connectivity index (χ2n) is 5.80. The maximum absolute atomic E-state index is 6.20. The fourth-order valence-electron chi connectivity index (χ4n) is 3.00. The Bertz CT molecular complexity index is 817. The molecule has 0 atom stereocenters. The minimum Gasteiger partial charge on any atom is -0.458 e. The number of benzene rings is 2. The van der Waals surface area contributed by atoms with Gasteiger partial charge in [0.2, 0.25) is 0 Å². The van der Waals surface area contributed by atoms with E-state index in [9.17, 15) is 0 Å². The van der Waals surface area contributed by atoms with Crippen molar-refractivity contribution in [2.45, 2.75) is 38.8 Å². The SMILES string of the molecule is CCc1c(CNC2CC2)oc2c(Br)c3ccccc3cc12. The summed E-state index contributed by atoms with van der Waals surface area (Å²) in [7, 11) is 0. The summed E-state index contributed by atoms with van der Waals surface area (Å²) in [6, 6.07) is 11.4. The van der Waals surface area contributed by atoms with E-state index in [0.717, 1.165) is 28.8 Å². The zero-order valence-corrected chi connectivity index (χ0v) is 13.7. The largest absolute Gasteiger partial charge is 0.458 e. The Kier molecular flexibility index (Phi) is 3.27. The van der Waals surface area contributed by atoms with Crippen molar-refractivity contribution < 1.29 is 4.42 Å². The van der Waals surface area contributed by atoms with Crippen LogP contribution in [0.15, 0.2) is 39.2 Å². The lowest BCUT2D eigenvalue weighted by molar-refractivity contribution is 0.506. The lowest BCUT2D eigenvalue weighted by Crippen LogP contribution is -2.15. The van der Waals surface area contributed by atoms with Crippen LogP contribution in [-0.2, 0) is 13.0 Å². The van der Waals surface area contributed by atoms with Crippen molar-refractivity contribution in [3.05, 3.63) is 46.1 Å². The summed E-state index contributed by atoms with van der Waals surface area (Å²) in [5, 5.41) is 7.28. The first-order valence-corrected chi connectivity index (χ1v) is 8.42. The van der Waals surface area contributed by atoms with E-state index in [-0.39, 0.29) is 0 Å². The fourth-order valence-corrected chi connectivity index (χ4v) is 3.65. The Morgan fingerprint density at radius 2 is 2.05 bits per heavy atom. The average Bonchev–Trinajstić information content (AvgIpc) is 3.26. The Hall–Kier alpha value is -1.32. The van der Waals surface area contributed by atoms with E-state index in [0.29, 0.717) is 6.04 Å². The summed E-state index contributed by atoms with van der Waals surface area (Å²) < 4.78 is 7.27. The normalized spacial score (nSPS) is 15.1. The highest BCUT2D eigenvalue weighted by atomic mass is 79.9. The van der Waals surface area contributed by atoms with Gasteiger partial charge in [-0.1, -0.05) is 31.2 Å². The molecular formula is C18H18BrNO. The molecule has 1 saturated carbocycles. The quantitative estimate of drug-likeness (QED) is 0.707. The molecule has 1 fully saturated rings. The van der Waals surface area contributed by atoms with Gasteiger partial charge in [-0.2, -0.15) is 0 Å². The number of hydrogen-bond acceptors (Lipinski definition) is 2. The minimum absolute atomic E-state index is 0.699. The minimum atomic E-state index is 0.699. The van der Waals surface area contributed by atoms with Crippen molar-refractivity contribution in [1.82, 2.24) is 5.32 Å². The summed E-state index contributed by atoms with van der Waals surface area (Å²) in [6.07, 6.45) is 3.60. The van der Waals surface area contributed by atoms with Crippen molar-refractivity contribution in [2.75, 3.05) is 0 Å². The maximum atomic E-state index is 6.20. The van der Waals surface area contributed by atoms with Gasteiger partial charge in [0.25, 0.3) is 0 Å². The monoisotopic (exact) mass is 343 g/mol. The second kappa shape index (κ2) is 5.15. The molecule has 1 aliphatic rings. The van der Waals surface area contributed by atoms with Crippen LogP contribution in [0.2, 0.25) is 0 Å². The lowest BCUT2D eigenvalue weighted by Gasteiger charge is -2.02. The molecule has 1 heterocycles. The highest BCUT2D eigenvalue weighted by Crippen LogP contribution is 2.37. The number of aryl methyl sites for hydroxylation is 1. The summed E-state index contributed by atoms with van der Waals surface area (Å²) in [5.41, 5.74) is 2.32. The average molecular weight is 344 g/mol. The molecule has 3 heteroatoms. The van der Waals surface area contributed by atoms with Crippen molar-refractivity contribution in [3.63, 3.8) is 0 Å². The zero-order chi connectivity index (χ0) is 14.4. The summed E-state index contributed by atoms with van der Waals surface area (Å²) in [4.78, 5) is 0. The highest BCUT2D eigenvalue weighted by Gasteiger charge is 2.22. The van der Waals surface area contributed by atoms with Gasteiger partial charge in [-0.15, -0.1) is 0 Å². The standard InChI is InChI=1S/C18H18BrNO/c1-2-13-15-9-11-5-3-4-6-14(11)17(19)18(15)21-16(13)10-20-12-7-8-12/h3-6,9,12,20H,2,7-8,10H2,1H3. The molecule has 1 aromatic heterocycles. The van der Waals surface area contributed by atoms with Crippen LogP contribution in [0.4, 0.5) is 0 Å². The van der Waals surface area contributed by atoms with Gasteiger partial charge >= 0.3 is 0 Å². The third-order valence-electron chi connectivity index (χ3n) is 4.31. The predicted molar refractivity (Wildman–Crippen MR) is 90.7 cm³/mol. The third-order valence-corrected chi connectivity index (χ3v) is 5.10. The first-order chi connectivity index (χ1) is 10.3.